The summed E-state index contributed by atoms with van der Waals surface area (Å²) in [5.41, 5.74) is 7.97. The van der Waals surface area contributed by atoms with Crippen LogP contribution >= 0.6 is 22.6 Å². The Labute approximate surface area is 123 Å². The Bertz CT molecular complexity index is 393. The van der Waals surface area contributed by atoms with Crippen LogP contribution in [0.4, 0.5) is 0 Å². The summed E-state index contributed by atoms with van der Waals surface area (Å²) in [7, 11) is 0. The van der Waals surface area contributed by atoms with Gasteiger partial charge in [-0.25, -0.2) is 0 Å². The first-order chi connectivity index (χ1) is 8.69. The molecule has 0 radical (unpaired) electrons. The number of hydrogen-bond acceptors (Lipinski definition) is 2. The SMILES string of the molecule is C=CCC(N)C1(c2ccc(I)cc2)CCNCC1. The summed E-state index contributed by atoms with van der Waals surface area (Å²) in [4.78, 5) is 0. The number of rotatable bonds is 4. The zero-order valence-electron chi connectivity index (χ0n) is 10.7. The second-order valence-electron chi connectivity index (χ2n) is 5.04. The van der Waals surface area contributed by atoms with Gasteiger partial charge in [-0.15, -0.1) is 6.58 Å². The van der Waals surface area contributed by atoms with Crippen molar-refractivity contribution in [1.82, 2.24) is 5.32 Å². The third-order valence-corrected chi connectivity index (χ3v) is 4.76. The molecule has 1 heterocycles. The molecular weight excluding hydrogens is 335 g/mol. The molecule has 18 heavy (non-hydrogen) atoms. The van der Waals surface area contributed by atoms with Crippen molar-refractivity contribution < 1.29 is 0 Å². The van der Waals surface area contributed by atoms with Crippen LogP contribution in [-0.2, 0) is 5.41 Å². The lowest BCUT2D eigenvalue weighted by Gasteiger charge is -2.42. The molecular formula is C15H21IN2. The van der Waals surface area contributed by atoms with Gasteiger partial charge in [-0.2, -0.15) is 0 Å². The first-order valence-electron chi connectivity index (χ1n) is 6.52. The highest BCUT2D eigenvalue weighted by atomic mass is 127. The van der Waals surface area contributed by atoms with Crippen LogP contribution in [0.1, 0.15) is 24.8 Å². The van der Waals surface area contributed by atoms with Gasteiger partial charge >= 0.3 is 0 Å². The Kier molecular flexibility index (Phi) is 4.81. The third-order valence-electron chi connectivity index (χ3n) is 4.05. The maximum absolute atomic E-state index is 6.46. The molecule has 1 aromatic rings. The van der Waals surface area contributed by atoms with E-state index in [4.69, 9.17) is 5.73 Å². The molecule has 1 fully saturated rings. The van der Waals surface area contributed by atoms with E-state index in [1.165, 1.54) is 9.13 Å². The van der Waals surface area contributed by atoms with Crippen molar-refractivity contribution in [1.29, 1.82) is 0 Å². The van der Waals surface area contributed by atoms with E-state index in [-0.39, 0.29) is 11.5 Å². The molecule has 1 saturated heterocycles. The van der Waals surface area contributed by atoms with Gasteiger partial charge < -0.3 is 11.1 Å². The monoisotopic (exact) mass is 356 g/mol. The Balaban J connectivity index is 2.34. The van der Waals surface area contributed by atoms with E-state index in [0.717, 1.165) is 32.4 Å². The minimum Gasteiger partial charge on any atom is -0.327 e. The van der Waals surface area contributed by atoms with Crippen molar-refractivity contribution in [3.05, 3.63) is 46.1 Å². The summed E-state index contributed by atoms with van der Waals surface area (Å²) in [6.45, 7) is 5.94. The number of hydrogen-bond donors (Lipinski definition) is 2. The van der Waals surface area contributed by atoms with Crippen molar-refractivity contribution in [2.24, 2.45) is 5.73 Å². The maximum Gasteiger partial charge on any atom is 0.0172 e. The highest BCUT2D eigenvalue weighted by Gasteiger charge is 2.38. The molecule has 1 atom stereocenters. The van der Waals surface area contributed by atoms with Gasteiger partial charge in [0.15, 0.2) is 0 Å². The molecule has 0 saturated carbocycles. The van der Waals surface area contributed by atoms with E-state index in [0.29, 0.717) is 0 Å². The third kappa shape index (κ3) is 2.78. The normalized spacial score (nSPS) is 20.3. The molecule has 0 amide bonds. The van der Waals surface area contributed by atoms with Crippen LogP contribution in [0.2, 0.25) is 0 Å². The molecule has 0 bridgehead atoms. The lowest BCUT2D eigenvalue weighted by atomic mass is 9.67. The Hall–Kier alpha value is -0.390. The van der Waals surface area contributed by atoms with Crippen molar-refractivity contribution in [2.45, 2.75) is 30.7 Å². The molecule has 3 N–H and O–H groups in total. The molecule has 2 nitrogen and oxygen atoms in total. The van der Waals surface area contributed by atoms with E-state index < -0.39 is 0 Å². The average Bonchev–Trinajstić information content (AvgIpc) is 2.40. The lowest BCUT2D eigenvalue weighted by Crippen LogP contribution is -2.51. The molecule has 0 aliphatic carbocycles. The smallest absolute Gasteiger partial charge is 0.0172 e. The van der Waals surface area contributed by atoms with Gasteiger partial charge in [0.1, 0.15) is 0 Å². The van der Waals surface area contributed by atoms with Crippen LogP contribution in [0.5, 0.6) is 0 Å². The van der Waals surface area contributed by atoms with Crippen molar-refractivity contribution in [3.8, 4) is 0 Å². The first kappa shape index (κ1) is 14.0. The molecule has 1 aliphatic heterocycles. The largest absolute Gasteiger partial charge is 0.327 e. The molecule has 1 unspecified atom stereocenters. The molecule has 0 aromatic heterocycles. The fourth-order valence-corrected chi connectivity index (χ4v) is 3.29. The summed E-state index contributed by atoms with van der Waals surface area (Å²) in [6, 6.07) is 9.02. The molecule has 1 aliphatic rings. The second-order valence-corrected chi connectivity index (χ2v) is 6.29. The van der Waals surface area contributed by atoms with E-state index in [1.54, 1.807) is 0 Å². The Morgan fingerprint density at radius 2 is 1.94 bits per heavy atom. The molecule has 0 spiro atoms. The average molecular weight is 356 g/mol. The topological polar surface area (TPSA) is 38.0 Å². The van der Waals surface area contributed by atoms with Gasteiger partial charge in [-0.1, -0.05) is 18.2 Å². The highest BCUT2D eigenvalue weighted by molar-refractivity contribution is 14.1. The minimum atomic E-state index is 0.115. The molecule has 3 heteroatoms. The van der Waals surface area contributed by atoms with Gasteiger partial charge in [0.05, 0.1) is 0 Å². The quantitative estimate of drug-likeness (QED) is 0.643. The van der Waals surface area contributed by atoms with Gasteiger partial charge in [-0.3, -0.25) is 0 Å². The standard InChI is InChI=1S/C15H21IN2/c1-2-3-14(17)15(8-10-18-11-9-15)12-4-6-13(16)7-5-12/h2,4-7,14,18H,1,3,8-11,17H2. The summed E-state index contributed by atoms with van der Waals surface area (Å²) >= 11 is 2.35. The van der Waals surface area contributed by atoms with Crippen LogP contribution in [0, 0.1) is 3.57 Å². The highest BCUT2D eigenvalue weighted by Crippen LogP contribution is 2.37. The number of benzene rings is 1. The minimum absolute atomic E-state index is 0.115. The van der Waals surface area contributed by atoms with E-state index in [9.17, 15) is 0 Å². The summed E-state index contributed by atoms with van der Waals surface area (Å²) < 4.78 is 1.28. The molecule has 98 valence electrons. The fourth-order valence-electron chi connectivity index (χ4n) is 2.93. The van der Waals surface area contributed by atoms with Crippen molar-refractivity contribution >= 4 is 22.6 Å². The predicted octanol–water partition coefficient (Wildman–Crippen LogP) is 2.82. The Morgan fingerprint density at radius 3 is 2.50 bits per heavy atom. The first-order valence-corrected chi connectivity index (χ1v) is 7.60. The second kappa shape index (κ2) is 6.17. The predicted molar refractivity (Wildman–Crippen MR) is 85.7 cm³/mol. The van der Waals surface area contributed by atoms with E-state index in [1.807, 2.05) is 6.08 Å². The zero-order chi connectivity index (χ0) is 13.0. The molecule has 2 rings (SSSR count). The van der Waals surface area contributed by atoms with Crippen LogP contribution in [-0.4, -0.2) is 19.1 Å². The van der Waals surface area contributed by atoms with E-state index >= 15 is 0 Å². The van der Waals surface area contributed by atoms with Gasteiger partial charge in [0, 0.05) is 15.0 Å². The zero-order valence-corrected chi connectivity index (χ0v) is 12.8. The van der Waals surface area contributed by atoms with Crippen LogP contribution in [0.25, 0.3) is 0 Å². The van der Waals surface area contributed by atoms with Gasteiger partial charge in [0.2, 0.25) is 0 Å². The van der Waals surface area contributed by atoms with E-state index in [2.05, 4.69) is 58.8 Å². The lowest BCUT2D eigenvalue weighted by molar-refractivity contribution is 0.255. The van der Waals surface area contributed by atoms with Gasteiger partial charge in [0.25, 0.3) is 0 Å². The number of nitrogens with two attached hydrogens (primary N) is 1. The van der Waals surface area contributed by atoms with Gasteiger partial charge in [-0.05, 0) is 72.6 Å². The molecule has 1 aromatic carbocycles. The maximum atomic E-state index is 6.46. The number of nitrogens with one attached hydrogen (secondary N) is 1. The summed E-state index contributed by atoms with van der Waals surface area (Å²) in [5.74, 6) is 0. The van der Waals surface area contributed by atoms with Crippen LogP contribution in [0.15, 0.2) is 36.9 Å². The number of halogens is 1. The summed E-state index contributed by atoms with van der Waals surface area (Å²) in [6.07, 6.45) is 5.05. The van der Waals surface area contributed by atoms with Crippen molar-refractivity contribution in [3.63, 3.8) is 0 Å². The summed E-state index contributed by atoms with van der Waals surface area (Å²) in [5, 5.41) is 3.43. The number of piperidine rings is 1. The fraction of sp³-hybridized carbons (Fsp3) is 0.467. The Morgan fingerprint density at radius 1 is 1.33 bits per heavy atom. The van der Waals surface area contributed by atoms with Crippen LogP contribution < -0.4 is 11.1 Å². The van der Waals surface area contributed by atoms with Crippen LogP contribution in [0.3, 0.4) is 0 Å². The van der Waals surface area contributed by atoms with Crippen molar-refractivity contribution in [2.75, 3.05) is 13.1 Å².